The number of halogens is 4. The number of hydrogen-bond donors (Lipinski definition) is 0. The Labute approximate surface area is 144 Å². The van der Waals surface area contributed by atoms with Gasteiger partial charge in [-0.2, -0.15) is 22.5 Å². The summed E-state index contributed by atoms with van der Waals surface area (Å²) in [6, 6.07) is 0. The minimum Gasteiger partial charge on any atom is -0.373 e. The van der Waals surface area contributed by atoms with Crippen molar-refractivity contribution in [2.24, 2.45) is 5.92 Å². The van der Waals surface area contributed by atoms with Crippen molar-refractivity contribution >= 4 is 5.69 Å². The lowest BCUT2D eigenvalue weighted by molar-refractivity contribution is -0.0720. The monoisotopic (exact) mass is 361 g/mol. The summed E-state index contributed by atoms with van der Waals surface area (Å²) in [7, 11) is 0. The molecule has 0 saturated carbocycles. The molecule has 2 unspecified atom stereocenters. The van der Waals surface area contributed by atoms with Crippen molar-refractivity contribution in [2.75, 3.05) is 37.6 Å². The highest BCUT2D eigenvalue weighted by atomic mass is 19.2. The summed E-state index contributed by atoms with van der Waals surface area (Å²) in [4.78, 5) is 6.33. The van der Waals surface area contributed by atoms with E-state index in [4.69, 9.17) is 4.74 Å². The number of rotatable bonds is 3. The lowest BCUT2D eigenvalue weighted by Gasteiger charge is -2.40. The standard InChI is InChI=1S/C17H23F4N3O/c1-10-7-23(8-11(2)25-10)9-12-3-5-24(6-4-12)15-13(18)16(20)22-17(21)14(15)19/h10-12H,3-9H2,1-2H3. The maximum Gasteiger partial charge on any atom is 0.253 e. The molecule has 0 aromatic carbocycles. The molecule has 2 saturated heterocycles. The van der Waals surface area contributed by atoms with Crippen LogP contribution in [-0.2, 0) is 4.74 Å². The van der Waals surface area contributed by atoms with E-state index in [0.717, 1.165) is 19.6 Å². The first-order valence-corrected chi connectivity index (χ1v) is 8.68. The van der Waals surface area contributed by atoms with Crippen molar-refractivity contribution < 1.29 is 22.3 Å². The molecule has 0 amide bonds. The van der Waals surface area contributed by atoms with Crippen LogP contribution in [-0.4, -0.2) is 54.8 Å². The highest BCUT2D eigenvalue weighted by Crippen LogP contribution is 2.30. The van der Waals surface area contributed by atoms with Crippen molar-refractivity contribution in [1.29, 1.82) is 0 Å². The lowest BCUT2D eigenvalue weighted by atomic mass is 9.95. The van der Waals surface area contributed by atoms with Crippen LogP contribution in [0.1, 0.15) is 26.7 Å². The summed E-state index contributed by atoms with van der Waals surface area (Å²) < 4.78 is 60.1. The van der Waals surface area contributed by atoms with Gasteiger partial charge in [-0.1, -0.05) is 0 Å². The van der Waals surface area contributed by atoms with Gasteiger partial charge in [-0.3, -0.25) is 4.90 Å². The molecular weight excluding hydrogens is 338 g/mol. The zero-order valence-corrected chi connectivity index (χ0v) is 14.4. The number of nitrogens with zero attached hydrogens (tertiary/aromatic N) is 3. The zero-order chi connectivity index (χ0) is 18.1. The van der Waals surface area contributed by atoms with Crippen LogP contribution >= 0.6 is 0 Å². The van der Waals surface area contributed by atoms with E-state index in [1.165, 1.54) is 4.90 Å². The van der Waals surface area contributed by atoms with Gasteiger partial charge in [0.1, 0.15) is 5.69 Å². The van der Waals surface area contributed by atoms with E-state index in [1.807, 2.05) is 13.8 Å². The van der Waals surface area contributed by atoms with Crippen molar-refractivity contribution in [1.82, 2.24) is 9.88 Å². The van der Waals surface area contributed by atoms with Gasteiger partial charge in [0, 0.05) is 32.7 Å². The van der Waals surface area contributed by atoms with Crippen LogP contribution < -0.4 is 4.90 Å². The van der Waals surface area contributed by atoms with Gasteiger partial charge in [-0.25, -0.2) is 0 Å². The first-order chi connectivity index (χ1) is 11.8. The van der Waals surface area contributed by atoms with Gasteiger partial charge < -0.3 is 9.64 Å². The van der Waals surface area contributed by atoms with E-state index in [9.17, 15) is 17.6 Å². The molecule has 3 heterocycles. The van der Waals surface area contributed by atoms with Crippen LogP contribution in [0.15, 0.2) is 0 Å². The third-order valence-electron chi connectivity index (χ3n) is 4.92. The number of aromatic nitrogens is 1. The minimum atomic E-state index is -1.60. The Bertz CT molecular complexity index is 586. The molecule has 1 aromatic heterocycles. The van der Waals surface area contributed by atoms with Gasteiger partial charge in [0.05, 0.1) is 12.2 Å². The van der Waals surface area contributed by atoms with Crippen molar-refractivity contribution in [3.8, 4) is 0 Å². The molecule has 25 heavy (non-hydrogen) atoms. The Morgan fingerprint density at radius 1 is 0.960 bits per heavy atom. The summed E-state index contributed by atoms with van der Waals surface area (Å²) in [5.41, 5.74) is -0.642. The molecule has 2 aliphatic heterocycles. The molecule has 0 N–H and O–H groups in total. The quantitative estimate of drug-likeness (QED) is 0.611. The van der Waals surface area contributed by atoms with E-state index < -0.39 is 29.2 Å². The molecule has 4 nitrogen and oxygen atoms in total. The molecule has 2 atom stereocenters. The molecule has 0 bridgehead atoms. The highest BCUT2D eigenvalue weighted by Gasteiger charge is 2.30. The number of hydrogen-bond acceptors (Lipinski definition) is 4. The first-order valence-electron chi connectivity index (χ1n) is 8.68. The summed E-state index contributed by atoms with van der Waals surface area (Å²) in [5, 5.41) is 0. The number of piperidine rings is 1. The Morgan fingerprint density at radius 2 is 1.48 bits per heavy atom. The maximum absolute atomic E-state index is 13.9. The number of morpholine rings is 1. The lowest BCUT2D eigenvalue weighted by Crippen LogP contribution is -2.48. The van der Waals surface area contributed by atoms with Gasteiger partial charge in [-0.15, -0.1) is 0 Å². The molecule has 8 heteroatoms. The normalized spacial score (nSPS) is 26.2. The van der Waals surface area contributed by atoms with Crippen molar-refractivity contribution in [3.05, 3.63) is 23.5 Å². The second kappa shape index (κ2) is 7.45. The average molecular weight is 361 g/mol. The molecule has 2 aliphatic rings. The number of pyridine rings is 1. The molecule has 3 rings (SSSR count). The first kappa shape index (κ1) is 18.4. The molecule has 0 radical (unpaired) electrons. The third kappa shape index (κ3) is 4.06. The number of anilines is 1. The maximum atomic E-state index is 13.9. The van der Waals surface area contributed by atoms with Crippen LogP contribution in [0, 0.1) is 29.4 Å². The summed E-state index contributed by atoms with van der Waals surface area (Å²) in [6.07, 6.45) is 1.80. The minimum absolute atomic E-state index is 0.190. The van der Waals surface area contributed by atoms with Gasteiger partial charge in [0.2, 0.25) is 11.6 Å². The van der Waals surface area contributed by atoms with Crippen LogP contribution in [0.4, 0.5) is 23.2 Å². The van der Waals surface area contributed by atoms with Crippen LogP contribution in [0.3, 0.4) is 0 Å². The van der Waals surface area contributed by atoms with Crippen molar-refractivity contribution in [2.45, 2.75) is 38.9 Å². The van der Waals surface area contributed by atoms with E-state index in [-0.39, 0.29) is 12.2 Å². The summed E-state index contributed by atoms with van der Waals surface area (Å²) >= 11 is 0. The van der Waals surface area contributed by atoms with Crippen LogP contribution in [0.2, 0.25) is 0 Å². The van der Waals surface area contributed by atoms with Crippen molar-refractivity contribution in [3.63, 3.8) is 0 Å². The van der Waals surface area contributed by atoms with E-state index >= 15 is 0 Å². The second-order valence-electron chi connectivity index (χ2n) is 7.08. The van der Waals surface area contributed by atoms with E-state index in [2.05, 4.69) is 9.88 Å². The molecule has 0 spiro atoms. The fraction of sp³-hybridized carbons (Fsp3) is 0.706. The summed E-state index contributed by atoms with van der Waals surface area (Å²) in [6.45, 7) is 7.44. The van der Waals surface area contributed by atoms with Gasteiger partial charge in [-0.05, 0) is 32.6 Å². The Morgan fingerprint density at radius 3 is 2.00 bits per heavy atom. The molecular formula is C17H23F4N3O. The number of ether oxygens (including phenoxy) is 1. The fourth-order valence-corrected chi connectivity index (χ4v) is 3.89. The highest BCUT2D eigenvalue weighted by molar-refractivity contribution is 5.48. The Hall–Kier alpha value is -1.41. The van der Waals surface area contributed by atoms with Gasteiger partial charge in [0.25, 0.3) is 11.9 Å². The Kier molecular flexibility index (Phi) is 5.48. The predicted molar refractivity (Wildman–Crippen MR) is 85.5 cm³/mol. The zero-order valence-electron chi connectivity index (χ0n) is 14.4. The van der Waals surface area contributed by atoms with Crippen LogP contribution in [0.5, 0.6) is 0 Å². The molecule has 2 fully saturated rings. The van der Waals surface area contributed by atoms with Crippen LogP contribution in [0.25, 0.3) is 0 Å². The largest absolute Gasteiger partial charge is 0.373 e. The average Bonchev–Trinajstić information content (AvgIpc) is 2.54. The molecule has 140 valence electrons. The van der Waals surface area contributed by atoms with E-state index in [1.54, 1.807) is 0 Å². The molecule has 0 aliphatic carbocycles. The molecule has 1 aromatic rings. The second-order valence-corrected chi connectivity index (χ2v) is 7.08. The topological polar surface area (TPSA) is 28.6 Å². The smallest absolute Gasteiger partial charge is 0.253 e. The summed E-state index contributed by atoms with van der Waals surface area (Å²) in [5.74, 6) is -5.67. The van der Waals surface area contributed by atoms with Gasteiger partial charge >= 0.3 is 0 Å². The third-order valence-corrected chi connectivity index (χ3v) is 4.92. The van der Waals surface area contributed by atoms with E-state index in [0.29, 0.717) is 31.8 Å². The fourth-order valence-electron chi connectivity index (χ4n) is 3.89. The Balaban J connectivity index is 1.61. The van der Waals surface area contributed by atoms with Gasteiger partial charge in [0.15, 0.2) is 0 Å². The SMILES string of the molecule is CC1CN(CC2CCN(c3c(F)c(F)nc(F)c3F)CC2)CC(C)O1. The predicted octanol–water partition coefficient (Wildman–Crippen LogP) is 2.96.